The van der Waals surface area contributed by atoms with E-state index in [0.29, 0.717) is 11.8 Å². The van der Waals surface area contributed by atoms with Crippen molar-refractivity contribution in [2.24, 2.45) is 5.92 Å². The van der Waals surface area contributed by atoms with Gasteiger partial charge in [-0.15, -0.1) is 0 Å². The molecule has 0 radical (unpaired) electrons. The van der Waals surface area contributed by atoms with Crippen LogP contribution in [-0.2, 0) is 6.54 Å². The van der Waals surface area contributed by atoms with Gasteiger partial charge in [0.05, 0.1) is 6.20 Å². The summed E-state index contributed by atoms with van der Waals surface area (Å²) in [5.41, 5.74) is 3.52. The van der Waals surface area contributed by atoms with Gasteiger partial charge in [0.1, 0.15) is 0 Å². The van der Waals surface area contributed by atoms with Gasteiger partial charge in [0, 0.05) is 18.4 Å². The van der Waals surface area contributed by atoms with Gasteiger partial charge < -0.3 is 5.32 Å². The second-order valence-corrected chi connectivity index (χ2v) is 6.40. The molecule has 2 aromatic rings. The summed E-state index contributed by atoms with van der Waals surface area (Å²) in [6, 6.07) is 4.31. The molecule has 0 aromatic carbocycles. The third-order valence-corrected chi connectivity index (χ3v) is 3.31. The van der Waals surface area contributed by atoms with Gasteiger partial charge in [0.2, 0.25) is 0 Å². The highest BCUT2D eigenvalue weighted by atomic mass is 15.3. The van der Waals surface area contributed by atoms with Crippen LogP contribution in [0.3, 0.4) is 0 Å². The quantitative estimate of drug-likeness (QED) is 0.884. The Labute approximate surface area is 127 Å². The van der Waals surface area contributed by atoms with E-state index in [1.807, 2.05) is 24.0 Å². The number of nitrogens with one attached hydrogen (secondary N) is 1. The molecule has 4 heteroatoms. The van der Waals surface area contributed by atoms with Crippen molar-refractivity contribution in [1.29, 1.82) is 0 Å². The first-order valence-corrected chi connectivity index (χ1v) is 7.69. The predicted molar refractivity (Wildman–Crippen MR) is 86.7 cm³/mol. The molecule has 0 bridgehead atoms. The molecule has 2 rings (SSSR count). The second kappa shape index (κ2) is 6.85. The summed E-state index contributed by atoms with van der Waals surface area (Å²) in [6.07, 6.45) is 3.87. The highest BCUT2D eigenvalue weighted by Crippen LogP contribution is 2.17. The van der Waals surface area contributed by atoms with E-state index in [1.54, 1.807) is 0 Å². The Morgan fingerprint density at radius 1 is 1.19 bits per heavy atom. The smallest absolute Gasteiger partial charge is 0.153 e. The van der Waals surface area contributed by atoms with Gasteiger partial charge in [-0.05, 0) is 48.6 Å². The van der Waals surface area contributed by atoms with E-state index >= 15 is 0 Å². The van der Waals surface area contributed by atoms with Crippen molar-refractivity contribution in [3.8, 4) is 5.82 Å². The van der Waals surface area contributed by atoms with Crippen LogP contribution in [0, 0.1) is 12.8 Å². The largest absolute Gasteiger partial charge is 0.312 e. The molecule has 0 aliphatic rings. The van der Waals surface area contributed by atoms with Crippen LogP contribution >= 0.6 is 0 Å². The van der Waals surface area contributed by atoms with Gasteiger partial charge in [-0.3, -0.25) is 0 Å². The molecule has 0 fully saturated rings. The van der Waals surface area contributed by atoms with Crippen LogP contribution in [0.25, 0.3) is 5.82 Å². The van der Waals surface area contributed by atoms with E-state index < -0.39 is 0 Å². The minimum Gasteiger partial charge on any atom is -0.312 e. The fourth-order valence-electron chi connectivity index (χ4n) is 2.15. The Morgan fingerprint density at radius 3 is 2.52 bits per heavy atom. The number of rotatable bonds is 6. The molecule has 0 aliphatic heterocycles. The molecule has 0 saturated carbocycles. The highest BCUT2D eigenvalue weighted by Gasteiger charge is 2.08. The number of hydrogen-bond donors (Lipinski definition) is 1. The van der Waals surface area contributed by atoms with Gasteiger partial charge in [0.15, 0.2) is 5.82 Å². The van der Waals surface area contributed by atoms with Gasteiger partial charge >= 0.3 is 0 Å². The lowest BCUT2D eigenvalue weighted by molar-refractivity contribution is 0.551. The molecule has 0 aliphatic carbocycles. The maximum atomic E-state index is 4.73. The van der Waals surface area contributed by atoms with E-state index in [4.69, 9.17) is 4.98 Å². The molecule has 0 unspecified atom stereocenters. The summed E-state index contributed by atoms with van der Waals surface area (Å²) in [5, 5.41) is 7.86. The van der Waals surface area contributed by atoms with E-state index in [1.165, 1.54) is 5.56 Å². The highest BCUT2D eigenvalue weighted by molar-refractivity contribution is 5.32. The van der Waals surface area contributed by atoms with Crippen LogP contribution in [0.2, 0.25) is 0 Å². The summed E-state index contributed by atoms with van der Waals surface area (Å²) in [6.45, 7) is 12.7. The van der Waals surface area contributed by atoms with Crippen molar-refractivity contribution >= 4 is 0 Å². The molecule has 2 aromatic heterocycles. The molecule has 0 saturated heterocycles. The molecule has 0 amide bonds. The molecule has 0 spiro atoms. The molecule has 21 heavy (non-hydrogen) atoms. The first-order valence-electron chi connectivity index (χ1n) is 7.69. The van der Waals surface area contributed by atoms with Crippen molar-refractivity contribution in [3.05, 3.63) is 41.3 Å². The molecular weight excluding hydrogens is 260 g/mol. The minimum absolute atomic E-state index is 0.408. The predicted octanol–water partition coefficient (Wildman–Crippen LogP) is 3.44. The molecule has 4 nitrogen and oxygen atoms in total. The van der Waals surface area contributed by atoms with Crippen LogP contribution < -0.4 is 5.32 Å². The Bertz CT molecular complexity index is 584. The zero-order valence-electron chi connectivity index (χ0n) is 13.7. The summed E-state index contributed by atoms with van der Waals surface area (Å²) < 4.78 is 1.85. The van der Waals surface area contributed by atoms with Crippen molar-refractivity contribution in [1.82, 2.24) is 20.1 Å². The molecule has 114 valence electrons. The van der Waals surface area contributed by atoms with E-state index in [2.05, 4.69) is 50.2 Å². The van der Waals surface area contributed by atoms with Crippen LogP contribution in [0.1, 0.15) is 50.4 Å². The summed E-state index contributed by atoms with van der Waals surface area (Å²) >= 11 is 0. The zero-order chi connectivity index (χ0) is 15.4. The van der Waals surface area contributed by atoms with Crippen molar-refractivity contribution in [2.45, 2.75) is 47.1 Å². The van der Waals surface area contributed by atoms with E-state index in [0.717, 1.165) is 30.2 Å². The number of nitrogens with zero attached hydrogens (tertiary/aromatic N) is 3. The Hall–Kier alpha value is -1.68. The first-order chi connectivity index (χ1) is 9.95. The maximum Gasteiger partial charge on any atom is 0.153 e. The van der Waals surface area contributed by atoms with Gasteiger partial charge in [-0.1, -0.05) is 27.7 Å². The number of pyridine rings is 1. The van der Waals surface area contributed by atoms with Crippen LogP contribution in [0.15, 0.2) is 24.5 Å². The normalized spacial score (nSPS) is 11.6. The van der Waals surface area contributed by atoms with E-state index in [9.17, 15) is 0 Å². The molecule has 2 heterocycles. The third kappa shape index (κ3) is 4.39. The summed E-state index contributed by atoms with van der Waals surface area (Å²) in [7, 11) is 0. The minimum atomic E-state index is 0.408. The number of hydrogen-bond acceptors (Lipinski definition) is 3. The average Bonchev–Trinajstić information content (AvgIpc) is 2.84. The summed E-state index contributed by atoms with van der Waals surface area (Å²) in [4.78, 5) is 4.73. The maximum absolute atomic E-state index is 4.73. The lowest BCUT2D eigenvalue weighted by Gasteiger charge is -2.12. The number of aromatic nitrogens is 3. The zero-order valence-corrected chi connectivity index (χ0v) is 13.7. The molecular formula is C17H26N4. The fourth-order valence-corrected chi connectivity index (χ4v) is 2.15. The van der Waals surface area contributed by atoms with E-state index in [-0.39, 0.29) is 0 Å². The SMILES string of the molecule is Cc1cnn(-c2cc(CNCC(C)C)cc(C(C)C)n2)c1. The third-order valence-electron chi connectivity index (χ3n) is 3.31. The fraction of sp³-hybridized carbons (Fsp3) is 0.529. The van der Waals surface area contributed by atoms with Crippen molar-refractivity contribution in [2.75, 3.05) is 6.54 Å². The van der Waals surface area contributed by atoms with Crippen LogP contribution in [-0.4, -0.2) is 21.3 Å². The average molecular weight is 286 g/mol. The Morgan fingerprint density at radius 2 is 1.95 bits per heavy atom. The lowest BCUT2D eigenvalue weighted by Crippen LogP contribution is -2.19. The van der Waals surface area contributed by atoms with Crippen molar-refractivity contribution < 1.29 is 0 Å². The Balaban J connectivity index is 2.26. The standard InChI is InChI=1S/C17H26N4/c1-12(2)8-18-10-15-6-16(13(3)4)20-17(7-15)21-11-14(5)9-19-21/h6-7,9,11-13,18H,8,10H2,1-5H3. The molecule has 0 atom stereocenters. The van der Waals surface area contributed by atoms with Crippen LogP contribution in [0.5, 0.6) is 0 Å². The number of aryl methyl sites for hydroxylation is 1. The first kappa shape index (κ1) is 15.7. The van der Waals surface area contributed by atoms with Crippen molar-refractivity contribution in [3.63, 3.8) is 0 Å². The monoisotopic (exact) mass is 286 g/mol. The van der Waals surface area contributed by atoms with Gasteiger partial charge in [-0.25, -0.2) is 9.67 Å². The van der Waals surface area contributed by atoms with Crippen LogP contribution in [0.4, 0.5) is 0 Å². The lowest BCUT2D eigenvalue weighted by atomic mass is 10.1. The van der Waals surface area contributed by atoms with Gasteiger partial charge in [0.25, 0.3) is 0 Å². The molecule has 1 N–H and O–H groups in total. The summed E-state index contributed by atoms with van der Waals surface area (Å²) in [5.74, 6) is 1.96. The second-order valence-electron chi connectivity index (χ2n) is 6.40. The van der Waals surface area contributed by atoms with Gasteiger partial charge in [-0.2, -0.15) is 5.10 Å². The topological polar surface area (TPSA) is 42.7 Å². The Kier molecular flexibility index (Phi) is 5.12.